The van der Waals surface area contributed by atoms with Gasteiger partial charge in [-0.3, -0.25) is 9.59 Å². The molecule has 0 aliphatic carbocycles. The van der Waals surface area contributed by atoms with Crippen LogP contribution in [-0.2, 0) is 9.59 Å². The molecule has 5 nitrogen and oxygen atoms in total. The van der Waals surface area contributed by atoms with Gasteiger partial charge in [-0.25, -0.2) is 0 Å². The molecule has 0 aliphatic rings. The van der Waals surface area contributed by atoms with E-state index in [4.69, 9.17) is 9.84 Å². The first kappa shape index (κ1) is 16.0. The Balaban J connectivity index is 2.18. The molecular formula is C15H21NO4. The molecule has 1 unspecified atom stereocenters. The van der Waals surface area contributed by atoms with Crippen LogP contribution in [0.2, 0.25) is 0 Å². The summed E-state index contributed by atoms with van der Waals surface area (Å²) in [5, 5.41) is 11.3. The zero-order chi connectivity index (χ0) is 15.0. The van der Waals surface area contributed by atoms with E-state index in [0.717, 1.165) is 11.3 Å². The van der Waals surface area contributed by atoms with Gasteiger partial charge in [-0.1, -0.05) is 19.1 Å². The van der Waals surface area contributed by atoms with Gasteiger partial charge in [-0.15, -0.1) is 0 Å². The van der Waals surface area contributed by atoms with Crippen LogP contribution in [0.3, 0.4) is 0 Å². The van der Waals surface area contributed by atoms with Crippen LogP contribution in [0.15, 0.2) is 24.3 Å². The summed E-state index contributed by atoms with van der Waals surface area (Å²) in [7, 11) is 0. The van der Waals surface area contributed by atoms with Gasteiger partial charge in [0.1, 0.15) is 5.75 Å². The van der Waals surface area contributed by atoms with E-state index in [1.807, 2.05) is 31.2 Å². The Morgan fingerprint density at radius 2 is 2.15 bits per heavy atom. The highest BCUT2D eigenvalue weighted by atomic mass is 16.5. The maximum atomic E-state index is 11.6. The van der Waals surface area contributed by atoms with Crippen molar-refractivity contribution in [2.45, 2.75) is 26.7 Å². The molecule has 0 saturated carbocycles. The zero-order valence-corrected chi connectivity index (χ0v) is 11.9. The number of benzene rings is 1. The van der Waals surface area contributed by atoms with E-state index in [0.29, 0.717) is 13.2 Å². The van der Waals surface area contributed by atoms with Gasteiger partial charge in [0.2, 0.25) is 5.91 Å². The molecule has 0 bridgehead atoms. The van der Waals surface area contributed by atoms with Gasteiger partial charge in [-0.2, -0.15) is 0 Å². The van der Waals surface area contributed by atoms with Crippen LogP contribution < -0.4 is 10.1 Å². The van der Waals surface area contributed by atoms with E-state index in [1.165, 1.54) is 0 Å². The minimum absolute atomic E-state index is 0.0556. The van der Waals surface area contributed by atoms with Gasteiger partial charge >= 0.3 is 5.97 Å². The topological polar surface area (TPSA) is 75.6 Å². The van der Waals surface area contributed by atoms with Gasteiger partial charge in [0.15, 0.2) is 0 Å². The highest BCUT2D eigenvalue weighted by molar-refractivity contribution is 5.76. The molecule has 0 radical (unpaired) electrons. The zero-order valence-electron chi connectivity index (χ0n) is 11.9. The highest BCUT2D eigenvalue weighted by Gasteiger charge is 2.09. The molecule has 20 heavy (non-hydrogen) atoms. The Morgan fingerprint density at radius 3 is 2.80 bits per heavy atom. The summed E-state index contributed by atoms with van der Waals surface area (Å²) in [6.07, 6.45) is 0.313. The molecule has 0 fully saturated rings. The lowest BCUT2D eigenvalue weighted by Gasteiger charge is -2.11. The summed E-state index contributed by atoms with van der Waals surface area (Å²) in [4.78, 5) is 22.0. The van der Waals surface area contributed by atoms with Crippen LogP contribution in [0, 0.1) is 12.8 Å². The van der Waals surface area contributed by atoms with E-state index in [-0.39, 0.29) is 24.7 Å². The maximum absolute atomic E-state index is 11.6. The Labute approximate surface area is 118 Å². The van der Waals surface area contributed by atoms with Crippen molar-refractivity contribution in [1.82, 2.24) is 5.32 Å². The monoisotopic (exact) mass is 279 g/mol. The van der Waals surface area contributed by atoms with Crippen LogP contribution in [0.1, 0.15) is 25.3 Å². The molecule has 110 valence electrons. The number of aryl methyl sites for hydroxylation is 1. The molecule has 5 heteroatoms. The van der Waals surface area contributed by atoms with Gasteiger partial charge in [0.05, 0.1) is 13.0 Å². The van der Waals surface area contributed by atoms with Gasteiger partial charge in [0.25, 0.3) is 0 Å². The highest BCUT2D eigenvalue weighted by Crippen LogP contribution is 2.12. The third-order valence-corrected chi connectivity index (χ3v) is 2.76. The van der Waals surface area contributed by atoms with Gasteiger partial charge < -0.3 is 15.2 Å². The second-order valence-electron chi connectivity index (χ2n) is 4.92. The van der Waals surface area contributed by atoms with Gasteiger partial charge in [0, 0.05) is 13.0 Å². The molecular weight excluding hydrogens is 258 g/mol. The minimum atomic E-state index is -0.852. The number of hydrogen-bond donors (Lipinski definition) is 2. The summed E-state index contributed by atoms with van der Waals surface area (Å²) in [5.74, 6) is -0.310. The summed E-state index contributed by atoms with van der Waals surface area (Å²) in [5.41, 5.74) is 1.11. The maximum Gasteiger partial charge on any atom is 0.303 e. The van der Waals surface area contributed by atoms with Crippen molar-refractivity contribution in [3.63, 3.8) is 0 Å². The number of amides is 1. The molecule has 0 saturated heterocycles. The van der Waals surface area contributed by atoms with Crippen LogP contribution >= 0.6 is 0 Å². The fraction of sp³-hybridized carbons (Fsp3) is 0.467. The number of hydrogen-bond acceptors (Lipinski definition) is 3. The number of carbonyl (C=O) groups is 2. The van der Waals surface area contributed by atoms with Crippen molar-refractivity contribution in [2.75, 3.05) is 13.2 Å². The molecule has 2 N–H and O–H groups in total. The van der Waals surface area contributed by atoms with E-state index in [9.17, 15) is 9.59 Å². The van der Waals surface area contributed by atoms with Crippen LogP contribution in [-0.4, -0.2) is 30.1 Å². The number of aliphatic carboxylic acids is 1. The summed E-state index contributed by atoms with van der Waals surface area (Å²) >= 11 is 0. The molecule has 1 amide bonds. The molecule has 1 rings (SSSR count). The molecule has 0 heterocycles. The Morgan fingerprint density at radius 1 is 1.40 bits per heavy atom. The minimum Gasteiger partial charge on any atom is -0.493 e. The van der Waals surface area contributed by atoms with Gasteiger partial charge in [-0.05, 0) is 30.5 Å². The first-order chi connectivity index (χ1) is 9.47. The molecule has 0 aromatic heterocycles. The third kappa shape index (κ3) is 6.78. The summed E-state index contributed by atoms with van der Waals surface area (Å²) in [6.45, 7) is 4.44. The Hall–Kier alpha value is -2.04. The number of rotatable bonds is 8. The van der Waals surface area contributed by atoms with Crippen molar-refractivity contribution < 1.29 is 19.4 Å². The second kappa shape index (κ2) is 8.19. The lowest BCUT2D eigenvalue weighted by molar-refractivity contribution is -0.138. The third-order valence-electron chi connectivity index (χ3n) is 2.76. The lowest BCUT2D eigenvalue weighted by atomic mass is 10.1. The predicted molar refractivity (Wildman–Crippen MR) is 75.7 cm³/mol. The SMILES string of the molecule is Cc1cccc(OCCC(=O)NCC(C)CC(=O)O)c1. The predicted octanol–water partition coefficient (Wildman–Crippen LogP) is 1.99. The van der Waals surface area contributed by atoms with Crippen LogP contribution in [0.4, 0.5) is 0 Å². The molecule has 1 atom stereocenters. The molecule has 0 spiro atoms. The number of nitrogens with one attached hydrogen (secondary N) is 1. The van der Waals surface area contributed by atoms with Crippen molar-refractivity contribution in [3.05, 3.63) is 29.8 Å². The normalized spacial score (nSPS) is 11.7. The number of carboxylic acid groups (broad SMARTS) is 1. The van der Waals surface area contributed by atoms with E-state index in [2.05, 4.69) is 5.32 Å². The average molecular weight is 279 g/mol. The molecule has 1 aromatic carbocycles. The van der Waals surface area contributed by atoms with E-state index in [1.54, 1.807) is 6.92 Å². The molecule has 0 aliphatic heterocycles. The summed E-state index contributed by atoms with van der Waals surface area (Å²) in [6, 6.07) is 7.63. The van der Waals surface area contributed by atoms with Crippen molar-refractivity contribution >= 4 is 11.9 Å². The fourth-order valence-corrected chi connectivity index (χ4v) is 1.71. The fourth-order valence-electron chi connectivity index (χ4n) is 1.71. The molecule has 1 aromatic rings. The first-order valence-electron chi connectivity index (χ1n) is 6.65. The van der Waals surface area contributed by atoms with Crippen molar-refractivity contribution in [2.24, 2.45) is 5.92 Å². The quantitative estimate of drug-likeness (QED) is 0.763. The van der Waals surface area contributed by atoms with E-state index >= 15 is 0 Å². The first-order valence-corrected chi connectivity index (χ1v) is 6.65. The van der Waals surface area contributed by atoms with Crippen LogP contribution in [0.5, 0.6) is 5.75 Å². The second-order valence-corrected chi connectivity index (χ2v) is 4.92. The standard InChI is InChI=1S/C15H21NO4/c1-11-4-3-5-13(8-11)20-7-6-14(17)16-10-12(2)9-15(18)19/h3-5,8,12H,6-7,9-10H2,1-2H3,(H,16,17)(H,18,19). The Bertz CT molecular complexity index is 459. The average Bonchev–Trinajstić information content (AvgIpc) is 2.36. The van der Waals surface area contributed by atoms with Crippen LogP contribution in [0.25, 0.3) is 0 Å². The van der Waals surface area contributed by atoms with Crippen molar-refractivity contribution in [1.29, 1.82) is 0 Å². The number of carboxylic acids is 1. The largest absolute Gasteiger partial charge is 0.493 e. The smallest absolute Gasteiger partial charge is 0.303 e. The summed E-state index contributed by atoms with van der Waals surface area (Å²) < 4.78 is 5.47. The van der Waals surface area contributed by atoms with E-state index < -0.39 is 5.97 Å². The lowest BCUT2D eigenvalue weighted by Crippen LogP contribution is -2.30. The number of carbonyl (C=O) groups excluding carboxylic acids is 1. The Kier molecular flexibility index (Phi) is 6.56. The number of ether oxygens (including phenoxy) is 1. The van der Waals surface area contributed by atoms with Crippen molar-refractivity contribution in [3.8, 4) is 5.75 Å².